The molecule has 1 aliphatic heterocycles. The predicted molar refractivity (Wildman–Crippen MR) is 141 cm³/mol. The molecule has 5 heteroatoms. The molecule has 5 rings (SSSR count). The number of nitrogens with zero attached hydrogens (tertiary/aromatic N) is 4. The second kappa shape index (κ2) is 9.56. The van der Waals surface area contributed by atoms with E-state index in [9.17, 15) is 0 Å². The Hall–Kier alpha value is -3.86. The van der Waals surface area contributed by atoms with Crippen molar-refractivity contribution in [2.45, 2.75) is 33.2 Å². The van der Waals surface area contributed by atoms with Crippen LogP contribution in [0.15, 0.2) is 88.6 Å². The minimum atomic E-state index is 0.0788. The van der Waals surface area contributed by atoms with E-state index in [1.54, 1.807) is 6.26 Å². The summed E-state index contributed by atoms with van der Waals surface area (Å²) in [6, 6.07) is 23.2. The molecule has 0 bridgehead atoms. The third-order valence-electron chi connectivity index (χ3n) is 6.47. The second-order valence-corrected chi connectivity index (χ2v) is 8.58. The summed E-state index contributed by atoms with van der Waals surface area (Å²) in [4.78, 5) is 7.34. The van der Waals surface area contributed by atoms with Crippen LogP contribution in [-0.2, 0) is 0 Å². The molecule has 3 heterocycles. The van der Waals surface area contributed by atoms with Crippen LogP contribution >= 0.6 is 0 Å². The number of aromatic nitrogens is 1. The molecular weight excluding hydrogens is 420 g/mol. The third kappa shape index (κ3) is 4.34. The van der Waals surface area contributed by atoms with Crippen molar-refractivity contribution >= 4 is 34.2 Å². The van der Waals surface area contributed by atoms with Gasteiger partial charge >= 0.3 is 0 Å². The molecule has 0 radical (unpaired) electrons. The van der Waals surface area contributed by atoms with Crippen LogP contribution < -0.4 is 9.91 Å². The summed E-state index contributed by atoms with van der Waals surface area (Å²) in [5.74, 6) is 1.69. The van der Waals surface area contributed by atoms with Gasteiger partial charge in [-0.25, -0.2) is 9.99 Å². The van der Waals surface area contributed by atoms with Crippen LogP contribution in [0.2, 0.25) is 0 Å². The Bertz CT molecular complexity index is 1320. The number of para-hydroxylation sites is 1. The van der Waals surface area contributed by atoms with E-state index in [2.05, 4.69) is 79.2 Å². The van der Waals surface area contributed by atoms with E-state index in [0.717, 1.165) is 42.3 Å². The first-order valence-corrected chi connectivity index (χ1v) is 12.0. The summed E-state index contributed by atoms with van der Waals surface area (Å²) in [6.07, 6.45) is 6.51. The van der Waals surface area contributed by atoms with E-state index in [-0.39, 0.29) is 6.04 Å². The largest absolute Gasteiger partial charge is 0.465 e. The molecule has 172 valence electrons. The van der Waals surface area contributed by atoms with E-state index in [1.165, 1.54) is 22.2 Å². The molecule has 0 N–H and O–H groups in total. The van der Waals surface area contributed by atoms with Crippen LogP contribution in [0.4, 0.5) is 11.5 Å². The highest BCUT2D eigenvalue weighted by Crippen LogP contribution is 2.37. The van der Waals surface area contributed by atoms with Gasteiger partial charge in [-0.2, -0.15) is 5.10 Å². The molecule has 0 amide bonds. The fourth-order valence-corrected chi connectivity index (χ4v) is 4.61. The van der Waals surface area contributed by atoms with Crippen molar-refractivity contribution in [3.05, 3.63) is 96.0 Å². The van der Waals surface area contributed by atoms with Gasteiger partial charge < -0.3 is 9.32 Å². The summed E-state index contributed by atoms with van der Waals surface area (Å²) in [6.45, 7) is 8.51. The average Bonchev–Trinajstić information content (AvgIpc) is 3.54. The summed E-state index contributed by atoms with van der Waals surface area (Å²) in [5, 5.41) is 8.25. The maximum absolute atomic E-state index is 5.46. The lowest BCUT2D eigenvalue weighted by Gasteiger charge is -2.25. The van der Waals surface area contributed by atoms with E-state index >= 15 is 0 Å². The topological polar surface area (TPSA) is 44.9 Å². The molecule has 0 spiro atoms. The molecule has 0 fully saturated rings. The molecule has 0 aliphatic carbocycles. The maximum atomic E-state index is 5.46. The quantitative estimate of drug-likeness (QED) is 0.304. The first-order chi connectivity index (χ1) is 16.7. The Balaban J connectivity index is 1.52. The fourth-order valence-electron chi connectivity index (χ4n) is 4.61. The predicted octanol–water partition coefficient (Wildman–Crippen LogP) is 7.00. The van der Waals surface area contributed by atoms with Crippen LogP contribution in [0.5, 0.6) is 0 Å². The zero-order valence-corrected chi connectivity index (χ0v) is 20.0. The number of hydrogen-bond donors (Lipinski definition) is 0. The van der Waals surface area contributed by atoms with E-state index in [4.69, 9.17) is 14.5 Å². The molecular formula is C29H30N4O. The molecule has 1 aliphatic rings. The van der Waals surface area contributed by atoms with Crippen molar-refractivity contribution in [2.75, 3.05) is 23.0 Å². The van der Waals surface area contributed by atoms with Gasteiger partial charge in [0.1, 0.15) is 11.6 Å². The lowest BCUT2D eigenvalue weighted by Crippen LogP contribution is -2.22. The number of benzene rings is 2. The zero-order valence-electron chi connectivity index (χ0n) is 20.0. The molecule has 2 aromatic carbocycles. The van der Waals surface area contributed by atoms with Gasteiger partial charge in [-0.3, -0.25) is 0 Å². The highest BCUT2D eigenvalue weighted by molar-refractivity contribution is 6.01. The SMILES string of the molecule is CCN(CC)c1ccc(C2CC(C=Cc3ccco3)=NN2c2cc(C)c3ccccc3n2)cc1. The number of allylic oxidation sites excluding steroid dienone is 1. The van der Waals surface area contributed by atoms with Crippen LogP contribution in [0.25, 0.3) is 17.0 Å². The fraction of sp³-hybridized carbons (Fsp3) is 0.241. The molecule has 5 nitrogen and oxygen atoms in total. The monoisotopic (exact) mass is 450 g/mol. The van der Waals surface area contributed by atoms with Crippen LogP contribution in [0.3, 0.4) is 0 Å². The number of hydrogen-bond acceptors (Lipinski definition) is 5. The maximum Gasteiger partial charge on any atom is 0.150 e. The van der Waals surface area contributed by atoms with Gasteiger partial charge in [0, 0.05) is 30.6 Å². The Labute approximate surface area is 201 Å². The number of furan rings is 1. The van der Waals surface area contributed by atoms with Crippen molar-refractivity contribution in [2.24, 2.45) is 5.10 Å². The van der Waals surface area contributed by atoms with E-state index in [0.29, 0.717) is 0 Å². The first-order valence-electron chi connectivity index (χ1n) is 12.0. The summed E-state index contributed by atoms with van der Waals surface area (Å²) in [7, 11) is 0. The average molecular weight is 451 g/mol. The van der Waals surface area contributed by atoms with Gasteiger partial charge in [-0.05, 0) is 80.4 Å². The summed E-state index contributed by atoms with van der Waals surface area (Å²) < 4.78 is 5.46. The smallest absolute Gasteiger partial charge is 0.150 e. The Morgan fingerprint density at radius 2 is 1.79 bits per heavy atom. The van der Waals surface area contributed by atoms with Crippen molar-refractivity contribution in [3.63, 3.8) is 0 Å². The third-order valence-corrected chi connectivity index (χ3v) is 6.47. The van der Waals surface area contributed by atoms with Gasteiger partial charge in [0.2, 0.25) is 0 Å². The molecule has 1 unspecified atom stereocenters. The van der Waals surface area contributed by atoms with Gasteiger partial charge in [0.25, 0.3) is 0 Å². The van der Waals surface area contributed by atoms with Gasteiger partial charge in [-0.1, -0.05) is 30.3 Å². The summed E-state index contributed by atoms with van der Waals surface area (Å²) in [5.41, 5.74) is 5.67. The second-order valence-electron chi connectivity index (χ2n) is 8.58. The van der Waals surface area contributed by atoms with Crippen molar-refractivity contribution in [1.29, 1.82) is 0 Å². The lowest BCUT2D eigenvalue weighted by molar-refractivity contribution is 0.557. The van der Waals surface area contributed by atoms with Crippen LogP contribution in [-0.4, -0.2) is 23.8 Å². The summed E-state index contributed by atoms with van der Waals surface area (Å²) >= 11 is 0. The number of rotatable bonds is 7. The first kappa shape index (κ1) is 22.0. The molecule has 0 saturated heterocycles. The molecule has 34 heavy (non-hydrogen) atoms. The molecule has 1 atom stereocenters. The van der Waals surface area contributed by atoms with Crippen LogP contribution in [0.1, 0.15) is 43.2 Å². The van der Waals surface area contributed by atoms with Crippen molar-refractivity contribution < 1.29 is 4.42 Å². The molecule has 4 aromatic rings. The van der Waals surface area contributed by atoms with E-state index in [1.807, 2.05) is 30.4 Å². The zero-order chi connectivity index (χ0) is 23.5. The Morgan fingerprint density at radius 3 is 2.53 bits per heavy atom. The Kier molecular flexibility index (Phi) is 6.17. The molecule has 2 aromatic heterocycles. The van der Waals surface area contributed by atoms with Crippen molar-refractivity contribution in [1.82, 2.24) is 4.98 Å². The standard InChI is InChI=1S/C29H30N4O/c1-4-32(5-2)24-15-12-22(13-16-24)28-20-23(14-17-25-9-8-18-34-25)31-33(28)29-19-21(3)26-10-6-7-11-27(26)30-29/h6-19,28H,4-5,20H2,1-3H3. The molecule has 0 saturated carbocycles. The highest BCUT2D eigenvalue weighted by atomic mass is 16.3. The van der Waals surface area contributed by atoms with Crippen molar-refractivity contribution in [3.8, 4) is 0 Å². The number of hydrazone groups is 1. The number of fused-ring (bicyclic) bond motifs is 1. The minimum Gasteiger partial charge on any atom is -0.465 e. The van der Waals surface area contributed by atoms with Crippen LogP contribution in [0, 0.1) is 6.92 Å². The van der Waals surface area contributed by atoms with E-state index < -0.39 is 0 Å². The van der Waals surface area contributed by atoms with Gasteiger partial charge in [-0.15, -0.1) is 0 Å². The minimum absolute atomic E-state index is 0.0788. The number of pyridine rings is 1. The number of anilines is 2. The van der Waals surface area contributed by atoms with Gasteiger partial charge in [0.15, 0.2) is 0 Å². The number of aryl methyl sites for hydroxylation is 1. The lowest BCUT2D eigenvalue weighted by atomic mass is 10.0. The van der Waals surface area contributed by atoms with Gasteiger partial charge in [0.05, 0.1) is 23.5 Å². The Morgan fingerprint density at radius 1 is 1.00 bits per heavy atom. The normalized spacial score (nSPS) is 15.9. The highest BCUT2D eigenvalue weighted by Gasteiger charge is 2.29.